The van der Waals surface area contributed by atoms with Gasteiger partial charge in [0, 0.05) is 13.1 Å². The van der Waals surface area contributed by atoms with Crippen molar-refractivity contribution in [2.45, 2.75) is 45.6 Å². The molecule has 0 radical (unpaired) electrons. The third-order valence-corrected chi connectivity index (χ3v) is 5.24. The van der Waals surface area contributed by atoms with E-state index in [1.807, 2.05) is 0 Å². The molecule has 27 heavy (non-hydrogen) atoms. The highest BCUT2D eigenvalue weighted by Gasteiger charge is 2.20. The van der Waals surface area contributed by atoms with Crippen LogP contribution in [0.1, 0.15) is 39.0 Å². The number of hydrogen-bond acceptors (Lipinski definition) is 7. The van der Waals surface area contributed by atoms with Crippen LogP contribution in [0.2, 0.25) is 0 Å². The van der Waals surface area contributed by atoms with Crippen LogP contribution in [0.4, 0.5) is 5.82 Å². The minimum absolute atomic E-state index is 0.208. The minimum atomic E-state index is -0.213. The van der Waals surface area contributed by atoms with Gasteiger partial charge in [-0.15, -0.1) is 0 Å². The molecule has 2 aromatic rings. The number of fused-ring (bicyclic) bond motifs is 1. The molecular formula is C18H30N6O3. The number of aryl methyl sites for hydroxylation is 1. The number of unbranched alkanes of at least 4 members (excludes halogenated alkanes) is 1. The van der Waals surface area contributed by atoms with Crippen LogP contribution in [0.5, 0.6) is 6.01 Å². The van der Waals surface area contributed by atoms with Crippen molar-refractivity contribution in [1.29, 1.82) is 0 Å². The largest absolute Gasteiger partial charge is 0.463 e. The van der Waals surface area contributed by atoms with E-state index in [1.165, 1.54) is 0 Å². The number of aromatic nitrogens is 4. The summed E-state index contributed by atoms with van der Waals surface area (Å²) in [5.74, 6) is 0.802. The Hall–Kier alpha value is -2.13. The van der Waals surface area contributed by atoms with Gasteiger partial charge in [-0.3, -0.25) is 4.57 Å². The molecule has 2 aromatic heterocycles. The smallest absolute Gasteiger partial charge is 0.327 e. The average Bonchev–Trinajstić information content (AvgIpc) is 2.98. The summed E-state index contributed by atoms with van der Waals surface area (Å²) < 4.78 is 7.21. The Balaban J connectivity index is 1.68. The fourth-order valence-electron chi connectivity index (χ4n) is 3.56. The van der Waals surface area contributed by atoms with E-state index in [-0.39, 0.29) is 24.1 Å². The van der Waals surface area contributed by atoms with Gasteiger partial charge in [0.25, 0.3) is 0 Å². The van der Waals surface area contributed by atoms with Gasteiger partial charge in [0.15, 0.2) is 11.5 Å². The highest BCUT2D eigenvalue weighted by atomic mass is 16.5. The van der Waals surface area contributed by atoms with Crippen molar-refractivity contribution < 1.29 is 9.84 Å². The first kappa shape index (κ1) is 19.6. The van der Waals surface area contributed by atoms with E-state index in [4.69, 9.17) is 15.6 Å². The van der Waals surface area contributed by atoms with E-state index in [1.54, 1.807) is 4.57 Å². The number of aromatic amines is 1. The number of H-pyrrole nitrogens is 1. The normalized spacial score (nSPS) is 16.2. The van der Waals surface area contributed by atoms with Crippen LogP contribution in [0.15, 0.2) is 4.79 Å². The summed E-state index contributed by atoms with van der Waals surface area (Å²) in [7, 11) is 0. The van der Waals surface area contributed by atoms with Crippen molar-refractivity contribution in [3.05, 3.63) is 10.5 Å². The van der Waals surface area contributed by atoms with E-state index in [0.717, 1.165) is 51.7 Å². The number of aliphatic hydroxyl groups excluding tert-OH is 1. The number of imidazole rings is 1. The molecule has 0 atom stereocenters. The van der Waals surface area contributed by atoms with Gasteiger partial charge in [-0.1, -0.05) is 13.3 Å². The number of nitrogens with two attached hydrogens (primary N) is 1. The Kier molecular flexibility index (Phi) is 6.68. The summed E-state index contributed by atoms with van der Waals surface area (Å²) in [6.45, 7) is 6.15. The van der Waals surface area contributed by atoms with Crippen molar-refractivity contribution in [1.82, 2.24) is 24.4 Å². The molecule has 9 heteroatoms. The second kappa shape index (κ2) is 9.18. The molecular weight excluding hydrogens is 348 g/mol. The molecule has 0 bridgehead atoms. The molecule has 3 heterocycles. The van der Waals surface area contributed by atoms with Crippen LogP contribution in [-0.2, 0) is 6.54 Å². The Morgan fingerprint density at radius 2 is 2.07 bits per heavy atom. The predicted octanol–water partition coefficient (Wildman–Crippen LogP) is 0.975. The number of aliphatic hydroxyl groups is 1. The van der Waals surface area contributed by atoms with Crippen LogP contribution < -0.4 is 16.2 Å². The molecule has 1 aliphatic heterocycles. The minimum Gasteiger partial charge on any atom is -0.463 e. The standard InChI is InChI=1S/C18H30N6O3/c1-2-3-12-27-17-21-15(19)14-16(22-17)24(18(26)20-14)9-6-13-4-7-23(8-5-13)10-11-25/h13,25H,2-12H2,1H3,(H,20,26)(H2,19,21,22). The van der Waals surface area contributed by atoms with E-state index >= 15 is 0 Å². The van der Waals surface area contributed by atoms with E-state index in [9.17, 15) is 4.79 Å². The first-order valence-electron chi connectivity index (χ1n) is 9.84. The molecule has 1 fully saturated rings. The maximum absolute atomic E-state index is 12.4. The number of β-amino-alcohol motifs (C(OH)–C–C–N with tert-alkyl or cyclic N) is 1. The Morgan fingerprint density at radius 3 is 2.78 bits per heavy atom. The summed E-state index contributed by atoms with van der Waals surface area (Å²) in [6.07, 6.45) is 5.01. The summed E-state index contributed by atoms with van der Waals surface area (Å²) >= 11 is 0. The van der Waals surface area contributed by atoms with Crippen molar-refractivity contribution in [3.63, 3.8) is 0 Å². The lowest BCUT2D eigenvalue weighted by Gasteiger charge is -2.31. The zero-order valence-corrected chi connectivity index (χ0v) is 16.0. The maximum Gasteiger partial charge on any atom is 0.327 e. The molecule has 150 valence electrons. The van der Waals surface area contributed by atoms with E-state index in [0.29, 0.717) is 30.2 Å². The highest BCUT2D eigenvalue weighted by Crippen LogP contribution is 2.23. The number of anilines is 1. The fraction of sp³-hybridized carbons (Fsp3) is 0.722. The van der Waals surface area contributed by atoms with Gasteiger partial charge in [-0.2, -0.15) is 9.97 Å². The van der Waals surface area contributed by atoms with E-state index < -0.39 is 0 Å². The molecule has 3 rings (SSSR count). The molecule has 0 aromatic carbocycles. The summed E-state index contributed by atoms with van der Waals surface area (Å²) in [4.78, 5) is 26.0. The van der Waals surface area contributed by atoms with Crippen molar-refractivity contribution in [3.8, 4) is 6.01 Å². The SMILES string of the molecule is CCCCOc1nc(N)c2[nH]c(=O)n(CCC3CCN(CCO)CC3)c2n1. The molecule has 0 saturated carbocycles. The van der Waals surface area contributed by atoms with Crippen molar-refractivity contribution >= 4 is 17.0 Å². The van der Waals surface area contributed by atoms with Gasteiger partial charge in [0.2, 0.25) is 0 Å². The monoisotopic (exact) mass is 378 g/mol. The lowest BCUT2D eigenvalue weighted by Crippen LogP contribution is -2.36. The first-order valence-corrected chi connectivity index (χ1v) is 9.84. The lowest BCUT2D eigenvalue weighted by molar-refractivity contribution is 0.143. The summed E-state index contributed by atoms with van der Waals surface area (Å²) in [5, 5.41) is 9.04. The number of piperidine rings is 1. The molecule has 0 amide bonds. The van der Waals surface area contributed by atoms with Crippen LogP contribution in [0, 0.1) is 5.92 Å². The fourth-order valence-corrected chi connectivity index (χ4v) is 3.56. The Bertz CT molecular complexity index is 794. The third-order valence-electron chi connectivity index (χ3n) is 5.24. The first-order chi connectivity index (χ1) is 13.1. The second-order valence-electron chi connectivity index (χ2n) is 7.17. The average molecular weight is 378 g/mol. The lowest BCUT2D eigenvalue weighted by atomic mass is 9.93. The maximum atomic E-state index is 12.4. The number of nitrogens with zero attached hydrogens (tertiary/aromatic N) is 4. The van der Waals surface area contributed by atoms with Crippen LogP contribution in [0.3, 0.4) is 0 Å². The quantitative estimate of drug-likeness (QED) is 0.556. The van der Waals surface area contributed by atoms with Crippen LogP contribution in [0.25, 0.3) is 11.2 Å². The molecule has 4 N–H and O–H groups in total. The van der Waals surface area contributed by atoms with Gasteiger partial charge >= 0.3 is 11.7 Å². The number of ether oxygens (including phenoxy) is 1. The molecule has 9 nitrogen and oxygen atoms in total. The number of nitrogen functional groups attached to an aromatic ring is 1. The molecule has 1 aliphatic rings. The van der Waals surface area contributed by atoms with Crippen LogP contribution >= 0.6 is 0 Å². The van der Waals surface area contributed by atoms with Gasteiger partial charge in [0.05, 0.1) is 13.2 Å². The highest BCUT2D eigenvalue weighted by molar-refractivity contribution is 5.81. The van der Waals surface area contributed by atoms with E-state index in [2.05, 4.69) is 26.8 Å². The number of hydrogen-bond donors (Lipinski definition) is 3. The molecule has 1 saturated heterocycles. The van der Waals surface area contributed by atoms with Crippen LogP contribution in [-0.4, -0.2) is 62.4 Å². The van der Waals surface area contributed by atoms with Crippen molar-refractivity contribution in [2.75, 3.05) is 38.6 Å². The van der Waals surface area contributed by atoms with Gasteiger partial charge in [-0.25, -0.2) is 4.79 Å². The number of rotatable bonds is 9. The van der Waals surface area contributed by atoms with Gasteiger partial charge in [-0.05, 0) is 44.7 Å². The summed E-state index contributed by atoms with van der Waals surface area (Å²) in [5.41, 5.74) is 6.76. The molecule has 0 aliphatic carbocycles. The van der Waals surface area contributed by atoms with Gasteiger partial charge < -0.3 is 25.5 Å². The zero-order chi connectivity index (χ0) is 19.2. The second-order valence-corrected chi connectivity index (χ2v) is 7.17. The zero-order valence-electron chi connectivity index (χ0n) is 16.0. The topological polar surface area (TPSA) is 122 Å². The Labute approximate surface area is 158 Å². The third kappa shape index (κ3) is 4.78. The molecule has 0 spiro atoms. The van der Waals surface area contributed by atoms with Crippen molar-refractivity contribution in [2.24, 2.45) is 5.92 Å². The molecule has 0 unspecified atom stereocenters. The predicted molar refractivity (Wildman–Crippen MR) is 104 cm³/mol. The summed E-state index contributed by atoms with van der Waals surface area (Å²) in [6, 6.07) is 0.221. The Morgan fingerprint density at radius 1 is 1.30 bits per heavy atom. The number of nitrogens with one attached hydrogen (secondary N) is 1. The number of likely N-dealkylation sites (tertiary alicyclic amines) is 1. The van der Waals surface area contributed by atoms with Gasteiger partial charge in [0.1, 0.15) is 5.52 Å².